The fourth-order valence-electron chi connectivity index (χ4n) is 10.7. The second kappa shape index (κ2) is 12.2. The highest BCUT2D eigenvalue weighted by Crippen LogP contribution is 2.51. The molecule has 2 nitrogen and oxygen atoms in total. The predicted molar refractivity (Wildman–Crippen MR) is 277 cm³/mol. The van der Waals surface area contributed by atoms with Gasteiger partial charge in [0, 0.05) is 82.9 Å². The Balaban J connectivity index is 1.19. The van der Waals surface area contributed by atoms with Gasteiger partial charge in [-0.3, -0.25) is 0 Å². The van der Waals surface area contributed by atoms with Crippen molar-refractivity contribution in [3.63, 3.8) is 0 Å². The molecule has 2 aliphatic heterocycles. The average molecular weight is 855 g/mol. The molecule has 62 heavy (non-hydrogen) atoms. The van der Waals surface area contributed by atoms with E-state index in [0.717, 1.165) is 0 Å². The highest BCUT2D eigenvalue weighted by molar-refractivity contribution is 7.32. The van der Waals surface area contributed by atoms with Crippen LogP contribution in [0.2, 0.25) is 0 Å². The quantitative estimate of drug-likeness (QED) is 0.149. The molecule has 0 fully saturated rings. The van der Waals surface area contributed by atoms with Crippen molar-refractivity contribution in [1.29, 1.82) is 0 Å². The summed E-state index contributed by atoms with van der Waals surface area (Å²) in [4.78, 5) is 2.72. The minimum atomic E-state index is -0.00902. The van der Waals surface area contributed by atoms with Gasteiger partial charge in [-0.15, -0.1) is 34.0 Å². The molecular formula is C56H47BN2S3. The summed E-state index contributed by atoms with van der Waals surface area (Å²) >= 11 is 5.86. The van der Waals surface area contributed by atoms with E-state index in [0.29, 0.717) is 0 Å². The van der Waals surface area contributed by atoms with Gasteiger partial charge in [0.2, 0.25) is 0 Å². The maximum atomic E-state index is 2.72. The molecule has 0 bridgehead atoms. The molecule has 0 radical (unpaired) electrons. The van der Waals surface area contributed by atoms with Crippen molar-refractivity contribution in [2.24, 2.45) is 0 Å². The Morgan fingerprint density at radius 2 is 1.05 bits per heavy atom. The van der Waals surface area contributed by atoms with Crippen LogP contribution in [0.4, 0.5) is 11.4 Å². The van der Waals surface area contributed by atoms with E-state index >= 15 is 0 Å². The van der Waals surface area contributed by atoms with Gasteiger partial charge in [0.25, 0.3) is 0 Å². The van der Waals surface area contributed by atoms with Gasteiger partial charge in [-0.1, -0.05) is 123 Å². The van der Waals surface area contributed by atoms with Gasteiger partial charge in [0.1, 0.15) is 0 Å². The molecule has 0 spiro atoms. The minimum Gasteiger partial charge on any atom is -0.376 e. The minimum absolute atomic E-state index is 0.00902. The van der Waals surface area contributed by atoms with Gasteiger partial charge in [0.15, 0.2) is 0 Å². The first-order valence-corrected chi connectivity index (χ1v) is 24.5. The van der Waals surface area contributed by atoms with Crippen molar-refractivity contribution in [2.45, 2.75) is 78.6 Å². The molecule has 6 heteroatoms. The molecule has 4 aromatic heterocycles. The van der Waals surface area contributed by atoms with Gasteiger partial charge in [-0.25, -0.2) is 0 Å². The van der Waals surface area contributed by atoms with Crippen LogP contribution < -0.4 is 15.1 Å². The van der Waals surface area contributed by atoms with Gasteiger partial charge >= 0.3 is 6.85 Å². The second-order valence-corrected chi connectivity index (χ2v) is 24.2. The Bertz CT molecular complexity index is 3760. The summed E-state index contributed by atoms with van der Waals surface area (Å²) in [6.07, 6.45) is 0. The van der Waals surface area contributed by atoms with E-state index in [4.69, 9.17) is 0 Å². The van der Waals surface area contributed by atoms with Crippen LogP contribution in [0.5, 0.6) is 0 Å². The van der Waals surface area contributed by atoms with E-state index in [1.54, 1.807) is 0 Å². The van der Waals surface area contributed by atoms with Gasteiger partial charge in [-0.2, -0.15) is 0 Å². The Morgan fingerprint density at radius 1 is 0.435 bits per heavy atom. The molecule has 2 aliphatic rings. The zero-order chi connectivity index (χ0) is 42.4. The molecule has 0 aliphatic carbocycles. The highest BCUT2D eigenvalue weighted by atomic mass is 32.1. The smallest absolute Gasteiger partial charge is 0.343 e. The standard InChI is InChI=1S/C56H47BN2S3/c1-54(2,3)30-14-18-33(19-15-30)59-44-29-49-41(35-20-16-32(56(7,8)9)25-47(35)61-49)26-38(44)36-21-22-37-39-27-40-34-12-10-11-13-45(34)60-48(40)28-43(39)58-51(37)50(36)57(59)53-52(58)42-24-31(55(4,5)6)17-23-46(42)62-53/h10-29H,1-9H3. The lowest BCUT2D eigenvalue weighted by Crippen LogP contribution is -2.59. The van der Waals surface area contributed by atoms with Gasteiger partial charge in [-0.05, 0) is 105 Å². The van der Waals surface area contributed by atoms with Crippen LogP contribution in [-0.2, 0) is 16.2 Å². The molecule has 302 valence electrons. The first-order valence-electron chi connectivity index (χ1n) is 22.0. The number of aromatic nitrogens is 1. The van der Waals surface area contributed by atoms with Crippen LogP contribution in [0.15, 0.2) is 121 Å². The van der Waals surface area contributed by atoms with Gasteiger partial charge < -0.3 is 9.38 Å². The maximum absolute atomic E-state index is 2.72. The predicted octanol–water partition coefficient (Wildman–Crippen LogP) is 15.9. The summed E-state index contributed by atoms with van der Waals surface area (Å²) in [5.74, 6) is 0. The molecule has 0 N–H and O–H groups in total. The topological polar surface area (TPSA) is 8.17 Å². The zero-order valence-electron chi connectivity index (χ0n) is 36.7. The number of hydrogen-bond donors (Lipinski definition) is 0. The van der Waals surface area contributed by atoms with Crippen molar-refractivity contribution < 1.29 is 0 Å². The van der Waals surface area contributed by atoms with E-state index in [9.17, 15) is 0 Å². The summed E-state index contributed by atoms with van der Waals surface area (Å²) < 4.78 is 10.9. The van der Waals surface area contributed by atoms with E-state index in [1.807, 2.05) is 34.0 Å². The average Bonchev–Trinajstić information content (AvgIpc) is 3.98. The van der Waals surface area contributed by atoms with Crippen molar-refractivity contribution in [3.05, 3.63) is 138 Å². The van der Waals surface area contributed by atoms with E-state index in [2.05, 4.69) is 193 Å². The van der Waals surface area contributed by atoms with Crippen LogP contribution in [-0.4, -0.2) is 11.4 Å². The summed E-state index contributed by atoms with van der Waals surface area (Å²) in [7, 11) is 0. The zero-order valence-corrected chi connectivity index (χ0v) is 39.2. The van der Waals surface area contributed by atoms with E-state index in [1.165, 1.54) is 127 Å². The van der Waals surface area contributed by atoms with E-state index < -0.39 is 0 Å². The molecule has 11 aromatic rings. The van der Waals surface area contributed by atoms with Crippen LogP contribution in [0.25, 0.3) is 89.1 Å². The van der Waals surface area contributed by atoms with Crippen molar-refractivity contribution >= 4 is 135 Å². The first-order chi connectivity index (χ1) is 29.6. The Hall–Kier alpha value is -5.40. The van der Waals surface area contributed by atoms with Crippen LogP contribution >= 0.6 is 34.0 Å². The van der Waals surface area contributed by atoms with Gasteiger partial charge in [0.05, 0.1) is 16.7 Å². The van der Waals surface area contributed by atoms with Crippen LogP contribution in [0.3, 0.4) is 0 Å². The summed E-state index contributed by atoms with van der Waals surface area (Å²) in [5.41, 5.74) is 14.9. The Morgan fingerprint density at radius 3 is 1.82 bits per heavy atom. The van der Waals surface area contributed by atoms with Crippen LogP contribution in [0.1, 0.15) is 79.0 Å². The SMILES string of the molecule is CC(C)(C)c1ccc(N2B3c4sc5ccc(C(C)(C)C)cc5c4-n4c5cc6sc7ccccc7c6cc5c5ccc(c3c54)-c3cc4c(cc32)sc2cc(C(C)(C)C)ccc24)cc1. The summed E-state index contributed by atoms with van der Waals surface area (Å²) in [5, 5.41) is 9.41. The van der Waals surface area contributed by atoms with Crippen molar-refractivity contribution in [2.75, 3.05) is 4.81 Å². The second-order valence-electron chi connectivity index (χ2n) is 21.0. The number of benzene rings is 7. The summed E-state index contributed by atoms with van der Waals surface area (Å²) in [6, 6.07) is 47.9. The lowest BCUT2D eigenvalue weighted by atomic mass is 9.47. The molecule has 0 atom stereocenters. The third-order valence-electron chi connectivity index (χ3n) is 14.0. The third-order valence-corrected chi connectivity index (χ3v) is 17.5. The molecular weight excluding hydrogens is 808 g/mol. The fourth-order valence-corrected chi connectivity index (χ4v) is 14.3. The monoisotopic (exact) mass is 854 g/mol. The number of hydrogen-bond acceptors (Lipinski definition) is 4. The summed E-state index contributed by atoms with van der Waals surface area (Å²) in [6.45, 7) is 20.9. The Labute approximate surface area is 375 Å². The molecule has 13 rings (SSSR count). The third kappa shape index (κ3) is 5.03. The Kier molecular flexibility index (Phi) is 7.31. The van der Waals surface area contributed by atoms with E-state index in [-0.39, 0.29) is 23.1 Å². The van der Waals surface area contributed by atoms with Crippen LogP contribution in [0, 0.1) is 0 Å². The number of fused-ring (bicyclic) bond motifs is 16. The largest absolute Gasteiger partial charge is 0.376 e. The number of thiophene rings is 3. The maximum Gasteiger partial charge on any atom is 0.343 e. The van der Waals surface area contributed by atoms with Crippen molar-refractivity contribution in [1.82, 2.24) is 4.57 Å². The molecule has 0 saturated heterocycles. The molecule has 0 amide bonds. The molecule has 0 saturated carbocycles. The molecule has 6 heterocycles. The lowest BCUT2D eigenvalue weighted by Gasteiger charge is -2.41. The number of anilines is 2. The molecule has 0 unspecified atom stereocenters. The molecule has 7 aromatic carbocycles. The number of nitrogens with zero attached hydrogens (tertiary/aromatic N) is 2. The highest BCUT2D eigenvalue weighted by Gasteiger charge is 2.46. The fraction of sp³-hybridized carbons (Fsp3) is 0.214. The first kappa shape index (κ1) is 37.2. The lowest BCUT2D eigenvalue weighted by molar-refractivity contribution is 0.590. The normalized spacial score (nSPS) is 14.1. The van der Waals surface area contributed by atoms with Crippen molar-refractivity contribution in [3.8, 4) is 16.8 Å². The number of rotatable bonds is 1.